The van der Waals surface area contributed by atoms with Crippen LogP contribution in [0.1, 0.15) is 58.3 Å². The summed E-state index contributed by atoms with van der Waals surface area (Å²) in [4.78, 5) is 11.3. The van der Waals surface area contributed by atoms with E-state index in [1.807, 2.05) is 6.92 Å². The summed E-state index contributed by atoms with van der Waals surface area (Å²) in [5.74, 6) is 0.0477. The Bertz CT molecular complexity index is 430. The van der Waals surface area contributed by atoms with Gasteiger partial charge < -0.3 is 38.3 Å². The van der Waals surface area contributed by atoms with Crippen LogP contribution in [0.25, 0.3) is 0 Å². The van der Waals surface area contributed by atoms with E-state index in [0.29, 0.717) is 85.7 Å². The zero-order valence-corrected chi connectivity index (χ0v) is 22.7. The number of thiol groups is 1. The minimum Gasteiger partial charge on any atom is -0.479 e. The number of carboxylic acids is 1. The molecule has 10 heteroatoms. The molecule has 0 aromatic rings. The van der Waals surface area contributed by atoms with E-state index in [1.165, 1.54) is 25.7 Å². The van der Waals surface area contributed by atoms with Gasteiger partial charge >= 0.3 is 5.97 Å². The van der Waals surface area contributed by atoms with Gasteiger partial charge in [-0.15, -0.1) is 0 Å². The highest BCUT2D eigenvalue weighted by molar-refractivity contribution is 7.80. The summed E-state index contributed by atoms with van der Waals surface area (Å²) in [6.45, 7) is 8.45. The molecule has 0 radical (unpaired) electrons. The Morgan fingerprint density at radius 3 is 1.37 bits per heavy atom. The molecule has 0 amide bonds. The highest BCUT2D eigenvalue weighted by atomic mass is 32.1. The molecule has 0 rings (SSSR count). The van der Waals surface area contributed by atoms with Crippen LogP contribution in [0.3, 0.4) is 0 Å². The van der Waals surface area contributed by atoms with E-state index in [4.69, 9.17) is 33.2 Å². The summed E-state index contributed by atoms with van der Waals surface area (Å²) in [6, 6.07) is 0. The van der Waals surface area contributed by atoms with Gasteiger partial charge in [-0.25, -0.2) is 4.79 Å². The van der Waals surface area contributed by atoms with Crippen molar-refractivity contribution in [1.29, 1.82) is 0 Å². The minimum atomic E-state index is -0.904. The standard InChI is InChI=1S/C25H50O9S/c1-2-28-11-12-29-13-14-30-15-16-31-17-18-32-19-20-33-21-22-34-24(25(26)27)10-8-6-4-3-5-7-9-23-35/h24,35H,2-23H2,1H3,(H,26,27). The van der Waals surface area contributed by atoms with Crippen LogP contribution in [-0.2, 0) is 38.0 Å². The molecule has 0 saturated carbocycles. The number of hydrogen-bond donors (Lipinski definition) is 2. The van der Waals surface area contributed by atoms with Gasteiger partial charge in [-0.05, 0) is 25.5 Å². The van der Waals surface area contributed by atoms with E-state index in [9.17, 15) is 9.90 Å². The van der Waals surface area contributed by atoms with Crippen molar-refractivity contribution < 1.29 is 43.1 Å². The zero-order chi connectivity index (χ0) is 25.7. The molecule has 0 aliphatic rings. The van der Waals surface area contributed by atoms with Gasteiger partial charge in [0, 0.05) is 6.61 Å². The molecule has 0 saturated heterocycles. The van der Waals surface area contributed by atoms with Crippen molar-refractivity contribution in [1.82, 2.24) is 0 Å². The Labute approximate surface area is 217 Å². The fourth-order valence-corrected chi connectivity index (χ4v) is 3.32. The van der Waals surface area contributed by atoms with Gasteiger partial charge in [0.05, 0.1) is 79.3 Å². The van der Waals surface area contributed by atoms with E-state index >= 15 is 0 Å². The quantitative estimate of drug-likeness (QED) is 0.107. The first-order valence-corrected chi connectivity index (χ1v) is 13.8. The molecule has 0 spiro atoms. The molecule has 35 heavy (non-hydrogen) atoms. The molecule has 0 heterocycles. The fraction of sp³-hybridized carbons (Fsp3) is 0.960. The van der Waals surface area contributed by atoms with Gasteiger partial charge in [0.25, 0.3) is 0 Å². The molecule has 0 aliphatic heterocycles. The lowest BCUT2D eigenvalue weighted by Crippen LogP contribution is -2.25. The van der Waals surface area contributed by atoms with Crippen LogP contribution in [0.15, 0.2) is 0 Å². The fourth-order valence-electron chi connectivity index (χ4n) is 3.10. The first-order valence-electron chi connectivity index (χ1n) is 13.1. The average Bonchev–Trinajstić information content (AvgIpc) is 2.85. The largest absolute Gasteiger partial charge is 0.479 e. The molecular formula is C25H50O9S. The Morgan fingerprint density at radius 2 is 0.971 bits per heavy atom. The monoisotopic (exact) mass is 526 g/mol. The minimum absolute atomic E-state index is 0.265. The van der Waals surface area contributed by atoms with E-state index < -0.39 is 12.1 Å². The van der Waals surface area contributed by atoms with Crippen LogP contribution in [0.4, 0.5) is 0 Å². The molecule has 0 fully saturated rings. The first kappa shape index (κ1) is 34.5. The molecule has 0 aromatic carbocycles. The molecule has 0 aromatic heterocycles. The number of unbranched alkanes of at least 4 members (excludes halogenated alkanes) is 6. The Balaban J connectivity index is 3.33. The maximum atomic E-state index is 11.3. The van der Waals surface area contributed by atoms with Crippen LogP contribution in [0.2, 0.25) is 0 Å². The van der Waals surface area contributed by atoms with Crippen LogP contribution in [0, 0.1) is 0 Å². The van der Waals surface area contributed by atoms with Crippen molar-refractivity contribution >= 4 is 18.6 Å². The summed E-state index contributed by atoms with van der Waals surface area (Å²) in [7, 11) is 0. The second-order valence-corrected chi connectivity index (χ2v) is 8.39. The van der Waals surface area contributed by atoms with E-state index in [2.05, 4.69) is 12.6 Å². The lowest BCUT2D eigenvalue weighted by molar-refractivity contribution is -0.152. The van der Waals surface area contributed by atoms with Gasteiger partial charge in [-0.3, -0.25) is 0 Å². The topological polar surface area (TPSA) is 102 Å². The first-order chi connectivity index (χ1) is 17.2. The lowest BCUT2D eigenvalue weighted by atomic mass is 10.1. The predicted molar refractivity (Wildman–Crippen MR) is 139 cm³/mol. The van der Waals surface area contributed by atoms with E-state index in [1.54, 1.807) is 0 Å². The third kappa shape index (κ3) is 28.0. The van der Waals surface area contributed by atoms with Crippen LogP contribution < -0.4 is 0 Å². The number of rotatable bonds is 30. The summed E-state index contributed by atoms with van der Waals surface area (Å²) in [5, 5.41) is 9.30. The molecule has 210 valence electrons. The van der Waals surface area contributed by atoms with Crippen molar-refractivity contribution in [2.45, 2.75) is 64.4 Å². The molecule has 1 unspecified atom stereocenters. The second-order valence-electron chi connectivity index (χ2n) is 7.94. The van der Waals surface area contributed by atoms with Crippen molar-refractivity contribution in [3.63, 3.8) is 0 Å². The SMILES string of the molecule is CCOCCOCCOCCOCCOCCOCCOC(CCCCCCCCCS)C(=O)O. The summed E-state index contributed by atoms with van der Waals surface area (Å²) in [6.07, 6.45) is 7.68. The van der Waals surface area contributed by atoms with Crippen LogP contribution >= 0.6 is 12.6 Å². The molecule has 1 N–H and O–H groups in total. The third-order valence-electron chi connectivity index (χ3n) is 5.01. The Kier molecular flexibility index (Phi) is 29.4. The number of hydrogen-bond acceptors (Lipinski definition) is 9. The Hall–Kier alpha value is -0.460. The third-order valence-corrected chi connectivity index (χ3v) is 5.33. The van der Waals surface area contributed by atoms with Crippen molar-refractivity contribution in [2.75, 3.05) is 91.6 Å². The maximum absolute atomic E-state index is 11.3. The Morgan fingerprint density at radius 1 is 0.600 bits per heavy atom. The summed E-state index contributed by atoms with van der Waals surface area (Å²) >= 11 is 4.21. The summed E-state index contributed by atoms with van der Waals surface area (Å²) in [5.41, 5.74) is 0. The van der Waals surface area contributed by atoms with Gasteiger partial charge in [0.15, 0.2) is 6.10 Å². The van der Waals surface area contributed by atoms with Gasteiger partial charge in [0.2, 0.25) is 0 Å². The molecule has 1 atom stereocenters. The number of carboxylic acid groups (broad SMARTS) is 1. The molecular weight excluding hydrogens is 476 g/mol. The van der Waals surface area contributed by atoms with Crippen molar-refractivity contribution in [3.05, 3.63) is 0 Å². The van der Waals surface area contributed by atoms with E-state index in [-0.39, 0.29) is 6.61 Å². The highest BCUT2D eigenvalue weighted by Gasteiger charge is 2.17. The average molecular weight is 527 g/mol. The second kappa shape index (κ2) is 29.8. The zero-order valence-electron chi connectivity index (χ0n) is 21.8. The van der Waals surface area contributed by atoms with E-state index in [0.717, 1.165) is 25.0 Å². The summed E-state index contributed by atoms with van der Waals surface area (Å²) < 4.78 is 37.7. The van der Waals surface area contributed by atoms with Gasteiger partial charge in [-0.2, -0.15) is 12.6 Å². The number of carbonyl (C=O) groups is 1. The smallest absolute Gasteiger partial charge is 0.332 e. The molecule has 9 nitrogen and oxygen atoms in total. The van der Waals surface area contributed by atoms with Gasteiger partial charge in [0.1, 0.15) is 0 Å². The maximum Gasteiger partial charge on any atom is 0.332 e. The number of ether oxygens (including phenoxy) is 7. The predicted octanol–water partition coefficient (Wildman–Crippen LogP) is 3.63. The lowest BCUT2D eigenvalue weighted by Gasteiger charge is -2.14. The highest BCUT2D eigenvalue weighted by Crippen LogP contribution is 2.12. The molecule has 0 aliphatic carbocycles. The normalized spacial score (nSPS) is 12.3. The van der Waals surface area contributed by atoms with Crippen molar-refractivity contribution in [3.8, 4) is 0 Å². The van der Waals surface area contributed by atoms with Crippen LogP contribution in [-0.4, -0.2) is 109 Å². The number of aliphatic carboxylic acids is 1. The van der Waals surface area contributed by atoms with Crippen LogP contribution in [0.5, 0.6) is 0 Å². The van der Waals surface area contributed by atoms with Crippen molar-refractivity contribution in [2.24, 2.45) is 0 Å². The van der Waals surface area contributed by atoms with Gasteiger partial charge in [-0.1, -0.05) is 38.5 Å². The molecule has 0 bridgehead atoms.